The van der Waals surface area contributed by atoms with E-state index in [1.165, 1.54) is 29.5 Å². The molecule has 0 bridgehead atoms. The number of sulfonamides is 1. The normalized spacial score (nSPS) is 13.2. The Bertz CT molecular complexity index is 884. The van der Waals surface area contributed by atoms with Crippen molar-refractivity contribution in [2.45, 2.75) is 48.9 Å². The van der Waals surface area contributed by atoms with E-state index in [1.807, 2.05) is 19.1 Å². The Morgan fingerprint density at radius 3 is 2.11 bits per heavy atom. The molecule has 5 nitrogen and oxygen atoms in total. The number of nitrogens with one attached hydrogen (secondary N) is 1. The van der Waals surface area contributed by atoms with Crippen molar-refractivity contribution in [2.75, 3.05) is 5.75 Å². The van der Waals surface area contributed by atoms with Crippen LogP contribution in [0.2, 0.25) is 0 Å². The van der Waals surface area contributed by atoms with E-state index in [9.17, 15) is 13.2 Å². The molecule has 0 saturated heterocycles. The maximum atomic E-state index is 12.2. The molecule has 7 heteroatoms. The zero-order valence-electron chi connectivity index (χ0n) is 16.0. The Labute approximate surface area is 165 Å². The molecular weight excluding hydrogens is 380 g/mol. The number of primary sulfonamides is 1. The van der Waals surface area contributed by atoms with E-state index in [2.05, 4.69) is 38.2 Å². The summed E-state index contributed by atoms with van der Waals surface area (Å²) in [4.78, 5) is 13.3. The van der Waals surface area contributed by atoms with E-state index in [0.29, 0.717) is 5.75 Å². The van der Waals surface area contributed by atoms with Crippen molar-refractivity contribution in [3.05, 3.63) is 59.7 Å². The van der Waals surface area contributed by atoms with Gasteiger partial charge in [-0.25, -0.2) is 13.6 Å². The molecule has 0 aromatic heterocycles. The lowest BCUT2D eigenvalue weighted by Crippen LogP contribution is -2.28. The van der Waals surface area contributed by atoms with Crippen molar-refractivity contribution < 1.29 is 13.2 Å². The fraction of sp³-hybridized carbons (Fsp3) is 0.350. The van der Waals surface area contributed by atoms with Gasteiger partial charge in [0.2, 0.25) is 15.9 Å². The maximum absolute atomic E-state index is 12.2. The zero-order valence-corrected chi connectivity index (χ0v) is 17.7. The van der Waals surface area contributed by atoms with Crippen LogP contribution in [0.5, 0.6) is 0 Å². The quantitative estimate of drug-likeness (QED) is 0.717. The first-order valence-corrected chi connectivity index (χ1v) is 11.2. The molecule has 3 N–H and O–H groups in total. The molecule has 0 aliphatic carbocycles. The minimum atomic E-state index is -3.71. The second-order valence-corrected chi connectivity index (χ2v) is 10.1. The molecule has 1 atom stereocenters. The number of hydrogen-bond acceptors (Lipinski definition) is 4. The van der Waals surface area contributed by atoms with Crippen molar-refractivity contribution in [1.29, 1.82) is 0 Å². The van der Waals surface area contributed by atoms with E-state index in [0.717, 1.165) is 10.5 Å². The number of hydrogen-bond donors (Lipinski definition) is 2. The fourth-order valence-electron chi connectivity index (χ4n) is 2.51. The number of nitrogens with two attached hydrogens (primary N) is 1. The van der Waals surface area contributed by atoms with Gasteiger partial charge in [0, 0.05) is 4.90 Å². The van der Waals surface area contributed by atoms with Crippen molar-refractivity contribution in [1.82, 2.24) is 5.32 Å². The molecule has 1 unspecified atom stereocenters. The van der Waals surface area contributed by atoms with Crippen LogP contribution in [0.15, 0.2) is 58.3 Å². The van der Waals surface area contributed by atoms with Gasteiger partial charge in [0.1, 0.15) is 0 Å². The summed E-state index contributed by atoms with van der Waals surface area (Å²) in [5.41, 5.74) is 2.18. The lowest BCUT2D eigenvalue weighted by Gasteiger charge is -2.19. The number of carbonyl (C=O) groups is 1. The third-order valence-electron chi connectivity index (χ3n) is 4.18. The first kappa shape index (κ1) is 21.5. The van der Waals surface area contributed by atoms with Crippen molar-refractivity contribution in [3.63, 3.8) is 0 Å². The summed E-state index contributed by atoms with van der Waals surface area (Å²) in [5, 5.41) is 8.01. The number of benzene rings is 2. The van der Waals surface area contributed by atoms with E-state index < -0.39 is 10.0 Å². The van der Waals surface area contributed by atoms with Gasteiger partial charge in [0.25, 0.3) is 0 Å². The highest BCUT2D eigenvalue weighted by atomic mass is 32.2. The SMILES string of the molecule is CC(NC(=O)CSc1ccc(C(C)(C)C)cc1)c1ccc(S(N)(=O)=O)cc1. The van der Waals surface area contributed by atoms with Crippen LogP contribution in [0, 0.1) is 0 Å². The third-order valence-corrected chi connectivity index (χ3v) is 6.12. The first-order valence-electron chi connectivity index (χ1n) is 8.62. The Morgan fingerprint density at radius 2 is 1.63 bits per heavy atom. The molecule has 0 saturated carbocycles. The molecule has 0 heterocycles. The minimum Gasteiger partial charge on any atom is -0.349 e. The van der Waals surface area contributed by atoms with E-state index in [-0.39, 0.29) is 22.3 Å². The average molecular weight is 407 g/mol. The average Bonchev–Trinajstić information content (AvgIpc) is 2.59. The van der Waals surface area contributed by atoms with Gasteiger partial charge in [0.15, 0.2) is 0 Å². The third kappa shape index (κ3) is 6.37. The monoisotopic (exact) mass is 406 g/mol. The molecule has 2 aromatic rings. The maximum Gasteiger partial charge on any atom is 0.238 e. The summed E-state index contributed by atoms with van der Waals surface area (Å²) in [5.74, 6) is 0.233. The van der Waals surface area contributed by atoms with Crippen LogP contribution in [-0.4, -0.2) is 20.1 Å². The van der Waals surface area contributed by atoms with Gasteiger partial charge in [-0.1, -0.05) is 45.0 Å². The molecular formula is C20H26N2O3S2. The van der Waals surface area contributed by atoms with Crippen LogP contribution < -0.4 is 10.5 Å². The summed E-state index contributed by atoms with van der Waals surface area (Å²) in [7, 11) is -3.71. The number of thioether (sulfide) groups is 1. The Morgan fingerprint density at radius 1 is 1.07 bits per heavy atom. The molecule has 1 amide bonds. The van der Waals surface area contributed by atoms with Crippen molar-refractivity contribution in [3.8, 4) is 0 Å². The molecule has 0 fully saturated rings. The van der Waals surface area contributed by atoms with Crippen molar-refractivity contribution in [2.24, 2.45) is 5.14 Å². The Kier molecular flexibility index (Phi) is 6.72. The van der Waals surface area contributed by atoms with Crippen LogP contribution in [0.3, 0.4) is 0 Å². The molecule has 0 radical (unpaired) electrons. The molecule has 0 aliphatic heterocycles. The largest absolute Gasteiger partial charge is 0.349 e. The van der Waals surface area contributed by atoms with Gasteiger partial charge in [-0.2, -0.15) is 0 Å². The summed E-state index contributed by atoms with van der Waals surface area (Å²) in [6.07, 6.45) is 0. The summed E-state index contributed by atoms with van der Waals surface area (Å²) >= 11 is 1.48. The van der Waals surface area contributed by atoms with Gasteiger partial charge in [0.05, 0.1) is 16.7 Å². The van der Waals surface area contributed by atoms with Gasteiger partial charge in [-0.3, -0.25) is 4.79 Å². The lowest BCUT2D eigenvalue weighted by molar-refractivity contribution is -0.119. The predicted molar refractivity (Wildman–Crippen MR) is 110 cm³/mol. The van der Waals surface area contributed by atoms with Crippen LogP contribution in [0.25, 0.3) is 0 Å². The molecule has 2 aromatic carbocycles. The summed E-state index contributed by atoms with van der Waals surface area (Å²) in [6.45, 7) is 8.35. The molecule has 0 spiro atoms. The molecule has 146 valence electrons. The Balaban J connectivity index is 1.89. The van der Waals surface area contributed by atoms with Gasteiger partial charge >= 0.3 is 0 Å². The van der Waals surface area contributed by atoms with Gasteiger partial charge < -0.3 is 5.32 Å². The van der Waals surface area contributed by atoms with Crippen LogP contribution in [0.4, 0.5) is 0 Å². The van der Waals surface area contributed by atoms with Gasteiger partial charge in [-0.05, 0) is 47.7 Å². The second-order valence-electron chi connectivity index (χ2n) is 7.47. The summed E-state index contributed by atoms with van der Waals surface area (Å²) in [6, 6.07) is 14.2. The minimum absolute atomic E-state index is 0.0547. The first-order chi connectivity index (χ1) is 12.5. The number of rotatable bonds is 6. The van der Waals surface area contributed by atoms with E-state index >= 15 is 0 Å². The van der Waals surface area contributed by atoms with Crippen LogP contribution in [-0.2, 0) is 20.2 Å². The van der Waals surface area contributed by atoms with E-state index in [4.69, 9.17) is 5.14 Å². The number of carbonyl (C=O) groups excluding carboxylic acids is 1. The highest BCUT2D eigenvalue weighted by molar-refractivity contribution is 8.00. The van der Waals surface area contributed by atoms with Crippen LogP contribution in [0.1, 0.15) is 44.9 Å². The topological polar surface area (TPSA) is 89.3 Å². The predicted octanol–water partition coefficient (Wildman–Crippen LogP) is 3.60. The van der Waals surface area contributed by atoms with Crippen molar-refractivity contribution >= 4 is 27.7 Å². The molecule has 27 heavy (non-hydrogen) atoms. The van der Waals surface area contributed by atoms with Crippen LogP contribution >= 0.6 is 11.8 Å². The van der Waals surface area contributed by atoms with E-state index in [1.54, 1.807) is 12.1 Å². The number of amides is 1. The highest BCUT2D eigenvalue weighted by Gasteiger charge is 2.14. The Hall–Kier alpha value is -1.83. The molecule has 2 rings (SSSR count). The standard InChI is InChI=1S/C20H26N2O3S2/c1-14(15-5-11-18(12-6-15)27(21,24)25)22-19(23)13-26-17-9-7-16(8-10-17)20(2,3)4/h5-12,14H,13H2,1-4H3,(H,22,23)(H2,21,24,25). The second kappa shape index (κ2) is 8.46. The lowest BCUT2D eigenvalue weighted by atomic mass is 9.87. The molecule has 0 aliphatic rings. The highest BCUT2D eigenvalue weighted by Crippen LogP contribution is 2.25. The zero-order chi connectivity index (χ0) is 20.2. The van der Waals surface area contributed by atoms with Gasteiger partial charge in [-0.15, -0.1) is 11.8 Å². The smallest absolute Gasteiger partial charge is 0.238 e. The summed E-state index contributed by atoms with van der Waals surface area (Å²) < 4.78 is 22.6. The fourth-order valence-corrected chi connectivity index (χ4v) is 3.74.